The molecule has 0 heterocycles. The number of amides is 1. The number of halogens is 1. The van der Waals surface area contributed by atoms with Gasteiger partial charge in [0, 0.05) is 17.2 Å². The summed E-state index contributed by atoms with van der Waals surface area (Å²) in [4.78, 5) is 40.4. The van der Waals surface area contributed by atoms with Gasteiger partial charge in [-0.2, -0.15) is 0 Å². The van der Waals surface area contributed by atoms with E-state index in [0.29, 0.717) is 17.7 Å². The first-order valence-corrected chi connectivity index (χ1v) is 10.9. The number of rotatable bonds is 11. The number of ketones is 2. The van der Waals surface area contributed by atoms with E-state index in [4.69, 9.17) is 0 Å². The predicted molar refractivity (Wildman–Crippen MR) is 129 cm³/mol. The molecule has 0 bridgehead atoms. The van der Waals surface area contributed by atoms with Crippen LogP contribution in [0.5, 0.6) is 0 Å². The van der Waals surface area contributed by atoms with Gasteiger partial charge in [-0.1, -0.05) is 62.4 Å². The number of allylic oxidation sites excluding steroid dienone is 4. The Bertz CT molecular complexity index is 1040. The minimum atomic E-state index is -1.26. The SMILES string of the molecule is C=CC/C=C(\C=C/C)NC(=O)C(C(=O)C(C)C)C(C(=O)c1ccc(F)cc1)c1ccccc1. The smallest absolute Gasteiger partial charge is 0.236 e. The van der Waals surface area contributed by atoms with Crippen LogP contribution in [0.25, 0.3) is 0 Å². The first kappa shape index (κ1) is 25.7. The van der Waals surface area contributed by atoms with Gasteiger partial charge in [0.05, 0.1) is 5.92 Å². The van der Waals surface area contributed by atoms with Crippen LogP contribution in [0.15, 0.2) is 91.2 Å². The molecule has 2 unspecified atom stereocenters. The van der Waals surface area contributed by atoms with E-state index < -0.39 is 35.3 Å². The van der Waals surface area contributed by atoms with Gasteiger partial charge < -0.3 is 5.32 Å². The number of carbonyl (C=O) groups excluding carboxylic acids is 3. The van der Waals surface area contributed by atoms with Gasteiger partial charge in [0.1, 0.15) is 17.5 Å². The summed E-state index contributed by atoms with van der Waals surface area (Å²) in [7, 11) is 0. The molecule has 2 rings (SSSR count). The highest BCUT2D eigenvalue weighted by atomic mass is 19.1. The first-order valence-electron chi connectivity index (χ1n) is 10.9. The van der Waals surface area contributed by atoms with Crippen LogP contribution in [-0.2, 0) is 9.59 Å². The minimum Gasteiger partial charge on any atom is -0.326 e. The summed E-state index contributed by atoms with van der Waals surface area (Å²) in [6.45, 7) is 8.90. The molecule has 0 radical (unpaired) electrons. The summed E-state index contributed by atoms with van der Waals surface area (Å²) in [5, 5.41) is 2.81. The third-order valence-corrected chi connectivity index (χ3v) is 5.18. The van der Waals surface area contributed by atoms with Crippen molar-refractivity contribution < 1.29 is 18.8 Å². The standard InChI is InChI=1S/C28H30FNO3/c1-5-7-14-23(11-6-2)30-28(33)25(26(31)19(3)4)24(20-12-9-8-10-13-20)27(32)21-15-17-22(29)18-16-21/h5-6,8-19,24-25H,1,7H2,2-4H3,(H,30,33)/b11-6-,23-14+. The number of Topliss-reactive ketones (excluding diaryl/α,β-unsaturated/α-hetero) is 2. The monoisotopic (exact) mass is 447 g/mol. The topological polar surface area (TPSA) is 63.2 Å². The Morgan fingerprint density at radius 2 is 1.67 bits per heavy atom. The van der Waals surface area contributed by atoms with E-state index in [2.05, 4.69) is 11.9 Å². The maximum atomic E-state index is 13.6. The highest BCUT2D eigenvalue weighted by Crippen LogP contribution is 2.32. The van der Waals surface area contributed by atoms with Crippen LogP contribution in [0.2, 0.25) is 0 Å². The molecule has 0 fully saturated rings. The van der Waals surface area contributed by atoms with Crippen LogP contribution in [0.4, 0.5) is 4.39 Å². The molecule has 5 heteroatoms. The summed E-state index contributed by atoms with van der Waals surface area (Å²) in [5.41, 5.74) is 1.30. The van der Waals surface area contributed by atoms with Gasteiger partial charge in [0.2, 0.25) is 5.91 Å². The average molecular weight is 448 g/mol. The quantitative estimate of drug-likeness (QED) is 0.205. The average Bonchev–Trinajstić information content (AvgIpc) is 2.81. The number of carbonyl (C=O) groups is 3. The summed E-state index contributed by atoms with van der Waals surface area (Å²) >= 11 is 0. The van der Waals surface area contributed by atoms with Crippen molar-refractivity contribution in [2.24, 2.45) is 11.8 Å². The van der Waals surface area contributed by atoms with E-state index in [0.717, 1.165) is 0 Å². The lowest BCUT2D eigenvalue weighted by Crippen LogP contribution is -2.42. The third kappa shape index (κ3) is 6.94. The zero-order valence-electron chi connectivity index (χ0n) is 19.3. The molecular formula is C28H30FNO3. The second kappa shape index (κ2) is 12.4. The Morgan fingerprint density at radius 3 is 2.21 bits per heavy atom. The van der Waals surface area contributed by atoms with Gasteiger partial charge in [-0.3, -0.25) is 14.4 Å². The van der Waals surface area contributed by atoms with Crippen LogP contribution in [0.1, 0.15) is 49.0 Å². The van der Waals surface area contributed by atoms with Gasteiger partial charge in [0.15, 0.2) is 5.78 Å². The van der Waals surface area contributed by atoms with Crippen LogP contribution >= 0.6 is 0 Å². The van der Waals surface area contributed by atoms with Crippen LogP contribution in [-0.4, -0.2) is 17.5 Å². The molecule has 2 aromatic carbocycles. The number of hydrogen-bond donors (Lipinski definition) is 1. The van der Waals surface area contributed by atoms with E-state index in [9.17, 15) is 18.8 Å². The van der Waals surface area contributed by atoms with Crippen molar-refractivity contribution in [1.29, 1.82) is 0 Å². The molecule has 0 aliphatic carbocycles. The normalized spacial score (nSPS) is 13.5. The van der Waals surface area contributed by atoms with Gasteiger partial charge in [-0.25, -0.2) is 4.39 Å². The summed E-state index contributed by atoms with van der Waals surface area (Å²) in [5.74, 6) is -4.60. The van der Waals surface area contributed by atoms with Crippen molar-refractivity contribution in [3.63, 3.8) is 0 Å². The zero-order chi connectivity index (χ0) is 24.4. The minimum absolute atomic E-state index is 0.232. The van der Waals surface area contributed by atoms with E-state index >= 15 is 0 Å². The molecule has 33 heavy (non-hydrogen) atoms. The van der Waals surface area contributed by atoms with E-state index in [1.165, 1.54) is 24.3 Å². The van der Waals surface area contributed by atoms with Crippen LogP contribution in [0, 0.1) is 17.7 Å². The lowest BCUT2D eigenvalue weighted by molar-refractivity contribution is -0.136. The van der Waals surface area contributed by atoms with Crippen LogP contribution in [0.3, 0.4) is 0 Å². The Morgan fingerprint density at radius 1 is 1.03 bits per heavy atom. The van der Waals surface area contributed by atoms with E-state index in [1.54, 1.807) is 68.5 Å². The fraction of sp³-hybridized carbons (Fsp3) is 0.250. The van der Waals surface area contributed by atoms with E-state index in [-0.39, 0.29) is 11.3 Å². The van der Waals surface area contributed by atoms with Crippen molar-refractivity contribution in [1.82, 2.24) is 5.32 Å². The number of nitrogens with one attached hydrogen (secondary N) is 1. The fourth-order valence-electron chi connectivity index (χ4n) is 3.52. The Balaban J connectivity index is 2.59. The second-order valence-corrected chi connectivity index (χ2v) is 7.97. The van der Waals surface area contributed by atoms with Crippen molar-refractivity contribution in [3.8, 4) is 0 Å². The Kier molecular flexibility index (Phi) is 9.67. The maximum absolute atomic E-state index is 13.6. The molecule has 0 saturated carbocycles. The Hall–Kier alpha value is -3.60. The lowest BCUT2D eigenvalue weighted by atomic mass is 9.75. The third-order valence-electron chi connectivity index (χ3n) is 5.18. The van der Waals surface area contributed by atoms with Crippen molar-refractivity contribution in [3.05, 3.63) is 108 Å². The van der Waals surface area contributed by atoms with Crippen LogP contribution < -0.4 is 5.32 Å². The molecule has 4 nitrogen and oxygen atoms in total. The Labute approximate surface area is 194 Å². The summed E-state index contributed by atoms with van der Waals surface area (Å²) < 4.78 is 13.5. The summed E-state index contributed by atoms with van der Waals surface area (Å²) in [6, 6.07) is 13.9. The first-order chi connectivity index (χ1) is 15.8. The van der Waals surface area contributed by atoms with Gasteiger partial charge >= 0.3 is 0 Å². The maximum Gasteiger partial charge on any atom is 0.236 e. The predicted octanol–water partition coefficient (Wildman–Crippen LogP) is 5.79. The molecule has 0 spiro atoms. The zero-order valence-corrected chi connectivity index (χ0v) is 19.3. The number of benzene rings is 2. The molecule has 0 aromatic heterocycles. The highest BCUT2D eigenvalue weighted by Gasteiger charge is 2.41. The molecule has 2 aromatic rings. The van der Waals surface area contributed by atoms with Gasteiger partial charge in [-0.05, 0) is 49.2 Å². The molecule has 0 aliphatic heterocycles. The molecule has 1 N–H and O–H groups in total. The molecule has 0 saturated heterocycles. The second-order valence-electron chi connectivity index (χ2n) is 7.97. The van der Waals surface area contributed by atoms with E-state index in [1.807, 2.05) is 6.92 Å². The molecule has 2 atom stereocenters. The highest BCUT2D eigenvalue weighted by molar-refractivity contribution is 6.12. The molecule has 1 amide bonds. The largest absolute Gasteiger partial charge is 0.326 e. The van der Waals surface area contributed by atoms with Gasteiger partial charge in [-0.15, -0.1) is 6.58 Å². The number of hydrogen-bond acceptors (Lipinski definition) is 3. The molecule has 172 valence electrons. The van der Waals surface area contributed by atoms with Crippen molar-refractivity contribution in [2.75, 3.05) is 0 Å². The van der Waals surface area contributed by atoms with Gasteiger partial charge in [0.25, 0.3) is 0 Å². The molecule has 0 aliphatic rings. The van der Waals surface area contributed by atoms with Crippen molar-refractivity contribution in [2.45, 2.75) is 33.1 Å². The van der Waals surface area contributed by atoms with Crippen molar-refractivity contribution >= 4 is 17.5 Å². The summed E-state index contributed by atoms with van der Waals surface area (Å²) in [6.07, 6.45) is 7.49. The lowest BCUT2D eigenvalue weighted by Gasteiger charge is -2.26. The fourth-order valence-corrected chi connectivity index (χ4v) is 3.52. The molecular weight excluding hydrogens is 417 g/mol.